The number of benzene rings is 1. The first kappa shape index (κ1) is 9.53. The summed E-state index contributed by atoms with van der Waals surface area (Å²) in [5.74, 6) is 1.53. The van der Waals surface area contributed by atoms with E-state index in [1.54, 1.807) is 16.3 Å². The molecule has 3 aromatic rings. The number of rotatable bonds is 2. The van der Waals surface area contributed by atoms with Gasteiger partial charge in [0.15, 0.2) is 0 Å². The summed E-state index contributed by atoms with van der Waals surface area (Å²) >= 11 is 1.70. The number of hydrogen-bond acceptors (Lipinski definition) is 5. The predicted octanol–water partition coefficient (Wildman–Crippen LogP) is 1.78. The maximum absolute atomic E-state index is 4.44. The van der Waals surface area contributed by atoms with E-state index in [0.29, 0.717) is 5.78 Å². The summed E-state index contributed by atoms with van der Waals surface area (Å²) in [6, 6.07) is 8.02. The maximum atomic E-state index is 4.44. The van der Waals surface area contributed by atoms with Crippen molar-refractivity contribution in [3.05, 3.63) is 24.3 Å². The molecule has 5 nitrogen and oxygen atoms in total. The zero-order valence-electron chi connectivity index (χ0n) is 8.66. The Hall–Kier alpha value is -1.69. The number of hydrogen-bond donors (Lipinski definition) is 0. The van der Waals surface area contributed by atoms with E-state index in [9.17, 15) is 0 Å². The number of fused-ring (bicyclic) bond motifs is 3. The molecule has 80 valence electrons. The van der Waals surface area contributed by atoms with Crippen molar-refractivity contribution in [2.45, 2.75) is 11.9 Å². The minimum Gasteiger partial charge on any atom is -0.202 e. The Bertz CT molecular complexity index is 648. The molecule has 0 saturated heterocycles. The van der Waals surface area contributed by atoms with Crippen LogP contribution in [0.4, 0.5) is 0 Å². The van der Waals surface area contributed by atoms with Crippen LogP contribution in [0.3, 0.4) is 0 Å². The molecule has 0 bridgehead atoms. The molecule has 0 N–H and O–H groups in total. The molecule has 2 heterocycles. The van der Waals surface area contributed by atoms with Crippen molar-refractivity contribution in [1.82, 2.24) is 25.0 Å². The largest absolute Gasteiger partial charge is 0.275 e. The fourth-order valence-corrected chi connectivity index (χ4v) is 2.39. The standard InChI is InChI=1S/C10H9N5S/c1-2-16-9-7-5-3-4-6-8(7)15-10(11-9)12-13-14-15/h3-6H,2H2,1H3. The van der Waals surface area contributed by atoms with Crippen LogP contribution in [0.5, 0.6) is 0 Å². The molecule has 0 unspecified atom stereocenters. The Morgan fingerprint density at radius 3 is 3.06 bits per heavy atom. The molecule has 2 aromatic heterocycles. The Morgan fingerprint density at radius 2 is 2.19 bits per heavy atom. The molecule has 0 saturated carbocycles. The second-order valence-corrected chi connectivity index (χ2v) is 4.51. The van der Waals surface area contributed by atoms with Crippen LogP contribution in [0.1, 0.15) is 6.92 Å². The van der Waals surface area contributed by atoms with Crippen molar-refractivity contribution < 1.29 is 0 Å². The van der Waals surface area contributed by atoms with Crippen LogP contribution < -0.4 is 0 Å². The maximum Gasteiger partial charge on any atom is 0.275 e. The SMILES string of the molecule is CCSc1nc2nnnn2c2ccccc12. The fourth-order valence-electron chi connectivity index (χ4n) is 1.64. The minimum atomic E-state index is 0.551. The van der Waals surface area contributed by atoms with Crippen LogP contribution in [0.2, 0.25) is 0 Å². The van der Waals surface area contributed by atoms with Crippen LogP contribution in [-0.2, 0) is 0 Å². The van der Waals surface area contributed by atoms with E-state index in [-0.39, 0.29) is 0 Å². The summed E-state index contributed by atoms with van der Waals surface area (Å²) in [6.45, 7) is 2.10. The lowest BCUT2D eigenvalue weighted by Gasteiger charge is -2.04. The molecule has 0 aliphatic carbocycles. The fraction of sp³-hybridized carbons (Fsp3) is 0.200. The van der Waals surface area contributed by atoms with Gasteiger partial charge < -0.3 is 0 Å². The van der Waals surface area contributed by atoms with Crippen molar-refractivity contribution in [2.75, 3.05) is 5.75 Å². The molecule has 0 atom stereocenters. The summed E-state index contributed by atoms with van der Waals surface area (Å²) in [5.41, 5.74) is 0.994. The summed E-state index contributed by atoms with van der Waals surface area (Å²) in [5, 5.41) is 13.5. The van der Waals surface area contributed by atoms with Gasteiger partial charge in [-0.05, 0) is 22.2 Å². The van der Waals surface area contributed by atoms with E-state index < -0.39 is 0 Å². The van der Waals surface area contributed by atoms with Crippen LogP contribution in [0, 0.1) is 0 Å². The lowest BCUT2D eigenvalue weighted by molar-refractivity contribution is 0.839. The molecule has 1 aromatic carbocycles. The highest BCUT2D eigenvalue weighted by Crippen LogP contribution is 2.25. The van der Waals surface area contributed by atoms with Gasteiger partial charge in [-0.2, -0.15) is 4.52 Å². The number of aromatic nitrogens is 5. The van der Waals surface area contributed by atoms with E-state index in [4.69, 9.17) is 0 Å². The Morgan fingerprint density at radius 1 is 1.31 bits per heavy atom. The normalized spacial score (nSPS) is 11.3. The molecule has 0 spiro atoms. The van der Waals surface area contributed by atoms with Crippen molar-refractivity contribution in [3.63, 3.8) is 0 Å². The highest BCUT2D eigenvalue weighted by atomic mass is 32.2. The minimum absolute atomic E-state index is 0.551. The Balaban J connectivity index is 2.45. The molecule has 0 fully saturated rings. The van der Waals surface area contributed by atoms with Gasteiger partial charge in [0.05, 0.1) is 5.52 Å². The molecule has 0 radical (unpaired) electrons. The first-order valence-electron chi connectivity index (χ1n) is 5.00. The van der Waals surface area contributed by atoms with Gasteiger partial charge in [-0.15, -0.1) is 11.8 Å². The first-order valence-corrected chi connectivity index (χ1v) is 5.98. The van der Waals surface area contributed by atoms with Crippen LogP contribution in [0.15, 0.2) is 29.3 Å². The highest BCUT2D eigenvalue weighted by Gasteiger charge is 2.09. The number of nitrogens with zero attached hydrogens (tertiary/aromatic N) is 5. The second kappa shape index (κ2) is 3.71. The molecule has 0 aliphatic rings. The number of para-hydroxylation sites is 1. The third-order valence-corrected chi connectivity index (χ3v) is 3.17. The Kier molecular flexibility index (Phi) is 2.21. The summed E-state index contributed by atoms with van der Waals surface area (Å²) in [6.07, 6.45) is 0. The summed E-state index contributed by atoms with van der Waals surface area (Å²) in [4.78, 5) is 4.44. The van der Waals surface area contributed by atoms with Crippen molar-refractivity contribution in [2.24, 2.45) is 0 Å². The number of tetrazole rings is 1. The van der Waals surface area contributed by atoms with E-state index in [1.807, 2.05) is 24.3 Å². The monoisotopic (exact) mass is 231 g/mol. The van der Waals surface area contributed by atoms with Gasteiger partial charge in [-0.1, -0.05) is 30.2 Å². The van der Waals surface area contributed by atoms with Gasteiger partial charge in [-0.3, -0.25) is 0 Å². The van der Waals surface area contributed by atoms with Gasteiger partial charge in [0, 0.05) is 5.39 Å². The smallest absolute Gasteiger partial charge is 0.202 e. The van der Waals surface area contributed by atoms with Gasteiger partial charge in [0.2, 0.25) is 0 Å². The van der Waals surface area contributed by atoms with Gasteiger partial charge in [0.25, 0.3) is 5.78 Å². The van der Waals surface area contributed by atoms with E-state index >= 15 is 0 Å². The molecule has 6 heteroatoms. The third kappa shape index (κ3) is 1.34. The zero-order valence-corrected chi connectivity index (χ0v) is 9.48. The quantitative estimate of drug-likeness (QED) is 0.497. The van der Waals surface area contributed by atoms with Crippen molar-refractivity contribution >= 4 is 28.4 Å². The van der Waals surface area contributed by atoms with E-state index in [0.717, 1.165) is 21.7 Å². The third-order valence-electron chi connectivity index (χ3n) is 2.30. The lowest BCUT2D eigenvalue weighted by Crippen LogP contribution is -1.96. The molecular weight excluding hydrogens is 222 g/mol. The van der Waals surface area contributed by atoms with Crippen LogP contribution in [0.25, 0.3) is 16.7 Å². The molecule has 0 amide bonds. The highest BCUT2D eigenvalue weighted by molar-refractivity contribution is 7.99. The number of thioether (sulfide) groups is 1. The van der Waals surface area contributed by atoms with Crippen molar-refractivity contribution in [1.29, 1.82) is 0 Å². The second-order valence-electron chi connectivity index (χ2n) is 3.26. The van der Waals surface area contributed by atoms with Gasteiger partial charge in [-0.25, -0.2) is 4.98 Å². The van der Waals surface area contributed by atoms with E-state index in [1.165, 1.54) is 0 Å². The van der Waals surface area contributed by atoms with E-state index in [2.05, 4.69) is 27.4 Å². The molecule has 0 aliphatic heterocycles. The van der Waals surface area contributed by atoms with Crippen LogP contribution >= 0.6 is 11.8 Å². The summed E-state index contributed by atoms with van der Waals surface area (Å²) < 4.78 is 1.66. The van der Waals surface area contributed by atoms with Gasteiger partial charge >= 0.3 is 0 Å². The Labute approximate surface area is 95.9 Å². The van der Waals surface area contributed by atoms with Gasteiger partial charge in [0.1, 0.15) is 5.03 Å². The zero-order chi connectivity index (χ0) is 11.0. The molecule has 3 rings (SSSR count). The van der Waals surface area contributed by atoms with Crippen molar-refractivity contribution in [3.8, 4) is 0 Å². The topological polar surface area (TPSA) is 56.0 Å². The molecular formula is C10H9N5S. The lowest BCUT2D eigenvalue weighted by atomic mass is 10.2. The first-order chi connectivity index (χ1) is 7.90. The molecule has 16 heavy (non-hydrogen) atoms. The predicted molar refractivity (Wildman–Crippen MR) is 62.5 cm³/mol. The average Bonchev–Trinajstić information content (AvgIpc) is 2.78. The average molecular weight is 231 g/mol. The summed E-state index contributed by atoms with van der Waals surface area (Å²) in [7, 11) is 0. The van der Waals surface area contributed by atoms with Crippen LogP contribution in [-0.4, -0.2) is 30.8 Å².